The summed E-state index contributed by atoms with van der Waals surface area (Å²) in [4.78, 5) is 13.4. The lowest BCUT2D eigenvalue weighted by Gasteiger charge is -2.17. The fourth-order valence-electron chi connectivity index (χ4n) is 4.26. The molecular formula is C27H27NO3S. The molecule has 5 heteroatoms. The van der Waals surface area contributed by atoms with Crippen molar-refractivity contribution in [1.82, 2.24) is 4.31 Å². The Bertz CT molecular complexity index is 1250. The predicted octanol–water partition coefficient (Wildman–Crippen LogP) is 5.04. The summed E-state index contributed by atoms with van der Waals surface area (Å²) in [6.45, 7) is 4.68. The Labute approximate surface area is 190 Å². The van der Waals surface area contributed by atoms with Crippen LogP contribution in [0.3, 0.4) is 0 Å². The van der Waals surface area contributed by atoms with Gasteiger partial charge in [-0.3, -0.25) is 4.79 Å². The van der Waals surface area contributed by atoms with Crippen LogP contribution in [0.5, 0.6) is 0 Å². The Kier molecular flexibility index (Phi) is 6.40. The maximum atomic E-state index is 13.2. The van der Waals surface area contributed by atoms with E-state index >= 15 is 0 Å². The van der Waals surface area contributed by atoms with Crippen molar-refractivity contribution in [2.75, 3.05) is 13.1 Å². The molecule has 0 amide bonds. The first-order valence-corrected chi connectivity index (χ1v) is 12.2. The molecule has 3 aromatic rings. The minimum Gasteiger partial charge on any atom is -0.289 e. The van der Waals surface area contributed by atoms with Crippen molar-refractivity contribution < 1.29 is 13.2 Å². The van der Waals surface area contributed by atoms with Crippen LogP contribution in [0.15, 0.2) is 95.4 Å². The van der Waals surface area contributed by atoms with Gasteiger partial charge in [0.15, 0.2) is 5.78 Å². The lowest BCUT2D eigenvalue weighted by molar-refractivity contribution is 0.103. The first-order chi connectivity index (χ1) is 15.4. The average molecular weight is 446 g/mol. The highest BCUT2D eigenvalue weighted by Crippen LogP contribution is 2.32. The SMILES string of the molecule is C/C=C1\CN(S(=O)(=O)c2ccc(C)cc2)CC1Cc1ccccc1C(=O)c1ccccc1. The summed E-state index contributed by atoms with van der Waals surface area (Å²) in [6, 6.07) is 23.9. The third-order valence-corrected chi connectivity index (χ3v) is 7.93. The summed E-state index contributed by atoms with van der Waals surface area (Å²) in [5, 5.41) is 0. The van der Waals surface area contributed by atoms with Gasteiger partial charge in [-0.1, -0.05) is 83.9 Å². The highest BCUT2D eigenvalue weighted by Gasteiger charge is 2.35. The van der Waals surface area contributed by atoms with Crippen LogP contribution >= 0.6 is 0 Å². The van der Waals surface area contributed by atoms with Crippen molar-refractivity contribution in [2.24, 2.45) is 5.92 Å². The molecule has 0 bridgehead atoms. The molecule has 0 spiro atoms. The van der Waals surface area contributed by atoms with E-state index in [0.29, 0.717) is 35.5 Å². The van der Waals surface area contributed by atoms with E-state index in [2.05, 4.69) is 0 Å². The summed E-state index contributed by atoms with van der Waals surface area (Å²) in [5.41, 5.74) is 4.38. The summed E-state index contributed by atoms with van der Waals surface area (Å²) in [7, 11) is -3.57. The molecule has 32 heavy (non-hydrogen) atoms. The van der Waals surface area contributed by atoms with Gasteiger partial charge in [0, 0.05) is 24.2 Å². The van der Waals surface area contributed by atoms with Crippen molar-refractivity contribution in [3.8, 4) is 0 Å². The van der Waals surface area contributed by atoms with Crippen LogP contribution in [0.2, 0.25) is 0 Å². The zero-order valence-corrected chi connectivity index (χ0v) is 19.2. The van der Waals surface area contributed by atoms with Crippen molar-refractivity contribution in [3.63, 3.8) is 0 Å². The second-order valence-electron chi connectivity index (χ2n) is 8.23. The molecular weight excluding hydrogens is 418 g/mol. The van der Waals surface area contributed by atoms with E-state index in [9.17, 15) is 13.2 Å². The normalized spacial score (nSPS) is 18.2. The standard InChI is InChI=1S/C27H27NO3S/c1-3-21-18-28(32(30,31)25-15-13-20(2)14-16-25)19-24(21)17-23-11-7-8-12-26(23)27(29)22-9-5-4-6-10-22/h3-16,24H,17-19H2,1-2H3/b21-3+. The molecule has 164 valence electrons. The molecule has 0 aromatic heterocycles. The van der Waals surface area contributed by atoms with Gasteiger partial charge in [-0.25, -0.2) is 8.42 Å². The molecule has 0 radical (unpaired) electrons. The molecule has 1 aliphatic rings. The van der Waals surface area contributed by atoms with Gasteiger partial charge in [0.25, 0.3) is 0 Å². The maximum Gasteiger partial charge on any atom is 0.243 e. The van der Waals surface area contributed by atoms with E-state index in [4.69, 9.17) is 0 Å². The van der Waals surface area contributed by atoms with Crippen LogP contribution in [0.4, 0.5) is 0 Å². The fraction of sp³-hybridized carbons (Fsp3) is 0.222. The molecule has 1 saturated heterocycles. The number of benzene rings is 3. The van der Waals surface area contributed by atoms with Crippen LogP contribution in [0.25, 0.3) is 0 Å². The smallest absolute Gasteiger partial charge is 0.243 e. The maximum absolute atomic E-state index is 13.2. The van der Waals surface area contributed by atoms with Crippen molar-refractivity contribution in [1.29, 1.82) is 0 Å². The Morgan fingerprint density at radius 2 is 1.62 bits per heavy atom. The number of sulfonamides is 1. The Balaban J connectivity index is 1.59. The quantitative estimate of drug-likeness (QED) is 0.395. The Hall–Kier alpha value is -3.02. The van der Waals surface area contributed by atoms with Crippen LogP contribution in [0, 0.1) is 12.8 Å². The molecule has 3 aromatic carbocycles. The minimum atomic E-state index is -3.57. The monoisotopic (exact) mass is 445 g/mol. The number of nitrogens with zero attached hydrogens (tertiary/aromatic N) is 1. The number of carbonyl (C=O) groups excluding carboxylic acids is 1. The number of ketones is 1. The van der Waals surface area contributed by atoms with E-state index in [1.807, 2.05) is 86.7 Å². The lowest BCUT2D eigenvalue weighted by atomic mass is 9.89. The molecule has 1 heterocycles. The first-order valence-electron chi connectivity index (χ1n) is 10.8. The lowest BCUT2D eigenvalue weighted by Crippen LogP contribution is -2.29. The average Bonchev–Trinajstić information content (AvgIpc) is 3.23. The van der Waals surface area contributed by atoms with Crippen LogP contribution in [0.1, 0.15) is 34.0 Å². The molecule has 1 fully saturated rings. The molecule has 4 rings (SSSR count). The van der Waals surface area contributed by atoms with Crippen molar-refractivity contribution in [2.45, 2.75) is 25.2 Å². The van der Waals surface area contributed by atoms with E-state index in [-0.39, 0.29) is 11.7 Å². The highest BCUT2D eigenvalue weighted by molar-refractivity contribution is 7.89. The van der Waals surface area contributed by atoms with Gasteiger partial charge in [0.1, 0.15) is 0 Å². The van der Waals surface area contributed by atoms with Crippen LogP contribution in [-0.2, 0) is 16.4 Å². The summed E-state index contributed by atoms with van der Waals surface area (Å²) in [5.74, 6) is 0.0234. The number of allylic oxidation sites excluding steroid dienone is 1. The van der Waals surface area contributed by atoms with Gasteiger partial charge in [-0.05, 0) is 43.9 Å². The van der Waals surface area contributed by atoms with E-state index < -0.39 is 10.0 Å². The Morgan fingerprint density at radius 3 is 2.31 bits per heavy atom. The highest BCUT2D eigenvalue weighted by atomic mass is 32.2. The van der Waals surface area contributed by atoms with Crippen LogP contribution in [-0.4, -0.2) is 31.6 Å². The van der Waals surface area contributed by atoms with E-state index in [1.54, 1.807) is 16.4 Å². The molecule has 1 aliphatic heterocycles. The summed E-state index contributed by atoms with van der Waals surface area (Å²) in [6.07, 6.45) is 2.63. The van der Waals surface area contributed by atoms with Gasteiger partial charge in [-0.2, -0.15) is 4.31 Å². The van der Waals surface area contributed by atoms with E-state index in [1.165, 1.54) is 0 Å². The van der Waals surface area contributed by atoms with E-state index in [0.717, 1.165) is 16.7 Å². The van der Waals surface area contributed by atoms with Crippen molar-refractivity contribution >= 4 is 15.8 Å². The fourth-order valence-corrected chi connectivity index (χ4v) is 5.73. The summed E-state index contributed by atoms with van der Waals surface area (Å²) >= 11 is 0. The zero-order chi connectivity index (χ0) is 22.7. The van der Waals surface area contributed by atoms with Gasteiger partial charge in [-0.15, -0.1) is 0 Å². The molecule has 0 N–H and O–H groups in total. The largest absolute Gasteiger partial charge is 0.289 e. The second kappa shape index (κ2) is 9.23. The molecule has 4 nitrogen and oxygen atoms in total. The number of hydrogen-bond acceptors (Lipinski definition) is 3. The number of rotatable bonds is 6. The third-order valence-electron chi connectivity index (χ3n) is 6.10. The van der Waals surface area contributed by atoms with Crippen molar-refractivity contribution in [3.05, 3.63) is 113 Å². The molecule has 1 unspecified atom stereocenters. The number of hydrogen-bond donors (Lipinski definition) is 0. The van der Waals surface area contributed by atoms with Gasteiger partial charge in [0.2, 0.25) is 10.0 Å². The molecule has 0 aliphatic carbocycles. The minimum absolute atomic E-state index is 0.00893. The second-order valence-corrected chi connectivity index (χ2v) is 10.2. The predicted molar refractivity (Wildman–Crippen MR) is 127 cm³/mol. The molecule has 1 atom stereocenters. The number of aryl methyl sites for hydroxylation is 1. The first kappa shape index (κ1) is 22.2. The Morgan fingerprint density at radius 1 is 0.969 bits per heavy atom. The zero-order valence-electron chi connectivity index (χ0n) is 18.4. The van der Waals surface area contributed by atoms with Gasteiger partial charge in [0.05, 0.1) is 4.90 Å². The molecule has 0 saturated carbocycles. The van der Waals surface area contributed by atoms with Crippen LogP contribution < -0.4 is 0 Å². The van der Waals surface area contributed by atoms with Gasteiger partial charge >= 0.3 is 0 Å². The number of carbonyl (C=O) groups is 1. The summed E-state index contributed by atoms with van der Waals surface area (Å²) < 4.78 is 28.0. The topological polar surface area (TPSA) is 54.5 Å². The van der Waals surface area contributed by atoms with Gasteiger partial charge < -0.3 is 0 Å². The third kappa shape index (κ3) is 4.45.